The van der Waals surface area contributed by atoms with Crippen molar-refractivity contribution in [3.63, 3.8) is 0 Å². The molecule has 3 amide bonds. The fourth-order valence-electron chi connectivity index (χ4n) is 5.93. The highest BCUT2D eigenvalue weighted by Crippen LogP contribution is 2.35. The van der Waals surface area contributed by atoms with Gasteiger partial charge in [-0.2, -0.15) is 0 Å². The SMILES string of the molecule is CCC(N)C(=O)NC1C(=O)N2C(CCC1CN(C)CC)CCC2C(=O)NC(c1ccccc1)c1ccccc1. The van der Waals surface area contributed by atoms with Gasteiger partial charge in [0.15, 0.2) is 0 Å². The Hall–Kier alpha value is -3.23. The predicted molar refractivity (Wildman–Crippen MR) is 153 cm³/mol. The van der Waals surface area contributed by atoms with Crippen LogP contribution < -0.4 is 16.4 Å². The summed E-state index contributed by atoms with van der Waals surface area (Å²) in [4.78, 5) is 44.9. The van der Waals surface area contributed by atoms with Crippen molar-refractivity contribution in [2.24, 2.45) is 11.7 Å². The van der Waals surface area contributed by atoms with Crippen LogP contribution in [0.5, 0.6) is 0 Å². The molecule has 39 heavy (non-hydrogen) atoms. The molecule has 8 heteroatoms. The smallest absolute Gasteiger partial charge is 0.246 e. The van der Waals surface area contributed by atoms with Crippen LogP contribution in [0.2, 0.25) is 0 Å². The van der Waals surface area contributed by atoms with Crippen LogP contribution >= 0.6 is 0 Å². The molecule has 0 bridgehead atoms. The average molecular weight is 534 g/mol. The number of benzene rings is 2. The van der Waals surface area contributed by atoms with Crippen molar-refractivity contribution >= 4 is 17.7 Å². The number of carbonyl (C=O) groups excluding carboxylic acids is 3. The van der Waals surface area contributed by atoms with Crippen molar-refractivity contribution in [2.45, 2.75) is 76.2 Å². The van der Waals surface area contributed by atoms with Crippen molar-refractivity contribution in [3.05, 3.63) is 71.8 Å². The molecule has 2 aliphatic heterocycles. The van der Waals surface area contributed by atoms with Gasteiger partial charge in [-0.3, -0.25) is 14.4 Å². The third-order valence-corrected chi connectivity index (χ3v) is 8.38. The Balaban J connectivity index is 1.60. The fourth-order valence-corrected chi connectivity index (χ4v) is 5.93. The van der Waals surface area contributed by atoms with E-state index in [-0.39, 0.29) is 35.7 Å². The Morgan fingerprint density at radius 2 is 1.56 bits per heavy atom. The monoisotopic (exact) mass is 533 g/mol. The van der Waals surface area contributed by atoms with Gasteiger partial charge in [0.2, 0.25) is 17.7 Å². The van der Waals surface area contributed by atoms with E-state index in [0.717, 1.165) is 36.9 Å². The van der Waals surface area contributed by atoms with Gasteiger partial charge in [-0.25, -0.2) is 0 Å². The van der Waals surface area contributed by atoms with Gasteiger partial charge < -0.3 is 26.2 Å². The molecule has 0 aromatic heterocycles. The number of amides is 3. The van der Waals surface area contributed by atoms with Gasteiger partial charge in [-0.05, 0) is 56.8 Å². The molecular weight excluding hydrogens is 490 g/mol. The lowest BCUT2D eigenvalue weighted by Gasteiger charge is -2.34. The number of rotatable bonds is 10. The zero-order valence-electron chi connectivity index (χ0n) is 23.4. The standard InChI is InChI=1S/C31H43N5O3/c1-4-25(32)29(37)34-28-23(20-35(3)5-2)16-17-24-18-19-26(36(24)31(28)39)30(38)33-27(21-12-8-6-9-13-21)22-14-10-7-11-15-22/h6-15,23-28H,4-5,16-20,32H2,1-3H3,(H,33,38)(H,34,37). The maximum Gasteiger partial charge on any atom is 0.246 e. The number of hydrogen-bond acceptors (Lipinski definition) is 5. The summed E-state index contributed by atoms with van der Waals surface area (Å²) in [6.07, 6.45) is 3.48. The number of hydrogen-bond donors (Lipinski definition) is 3. The van der Waals surface area contributed by atoms with Crippen molar-refractivity contribution < 1.29 is 14.4 Å². The van der Waals surface area contributed by atoms with Crippen LogP contribution in [0.4, 0.5) is 0 Å². The van der Waals surface area contributed by atoms with Crippen LogP contribution in [0.15, 0.2) is 60.7 Å². The molecule has 2 saturated heterocycles. The molecule has 5 unspecified atom stereocenters. The lowest BCUT2D eigenvalue weighted by molar-refractivity contribution is -0.143. The molecule has 210 valence electrons. The molecule has 4 N–H and O–H groups in total. The Bertz CT molecular complexity index is 1070. The minimum Gasteiger partial charge on any atom is -0.343 e. The second kappa shape index (κ2) is 13.2. The van der Waals surface area contributed by atoms with Gasteiger partial charge >= 0.3 is 0 Å². The van der Waals surface area contributed by atoms with Crippen LogP contribution in [0.25, 0.3) is 0 Å². The third kappa shape index (κ3) is 6.68. The summed E-state index contributed by atoms with van der Waals surface area (Å²) in [6.45, 7) is 5.47. The third-order valence-electron chi connectivity index (χ3n) is 8.38. The number of nitrogens with two attached hydrogens (primary N) is 1. The van der Waals surface area contributed by atoms with E-state index in [9.17, 15) is 14.4 Å². The van der Waals surface area contributed by atoms with Crippen molar-refractivity contribution in [2.75, 3.05) is 20.1 Å². The Morgan fingerprint density at radius 3 is 2.13 bits per heavy atom. The van der Waals surface area contributed by atoms with Crippen LogP contribution in [-0.4, -0.2) is 71.8 Å². The van der Waals surface area contributed by atoms with Crippen molar-refractivity contribution in [3.8, 4) is 0 Å². The summed E-state index contributed by atoms with van der Waals surface area (Å²) < 4.78 is 0. The number of carbonyl (C=O) groups is 3. The summed E-state index contributed by atoms with van der Waals surface area (Å²) in [5.41, 5.74) is 7.99. The molecule has 2 aliphatic rings. The topological polar surface area (TPSA) is 108 Å². The minimum atomic E-state index is -0.707. The number of fused-ring (bicyclic) bond motifs is 1. The van der Waals surface area contributed by atoms with Crippen molar-refractivity contribution in [1.29, 1.82) is 0 Å². The van der Waals surface area contributed by atoms with Gasteiger partial charge in [-0.15, -0.1) is 0 Å². The van der Waals surface area contributed by atoms with Gasteiger partial charge in [-0.1, -0.05) is 74.5 Å². The molecular formula is C31H43N5O3. The van der Waals surface area contributed by atoms with Gasteiger partial charge in [0.1, 0.15) is 12.1 Å². The van der Waals surface area contributed by atoms with Crippen molar-refractivity contribution in [1.82, 2.24) is 20.4 Å². The average Bonchev–Trinajstić information content (AvgIpc) is 3.35. The van der Waals surface area contributed by atoms with E-state index in [1.54, 1.807) is 4.90 Å². The first-order valence-electron chi connectivity index (χ1n) is 14.3. The first-order chi connectivity index (χ1) is 18.8. The molecule has 2 aromatic rings. The van der Waals surface area contributed by atoms with Crippen LogP contribution in [0.3, 0.4) is 0 Å². The highest BCUT2D eigenvalue weighted by Gasteiger charge is 2.48. The first kappa shape index (κ1) is 28.8. The van der Waals surface area contributed by atoms with E-state index in [1.807, 2.05) is 74.6 Å². The molecule has 5 atom stereocenters. The normalized spacial score (nSPS) is 23.8. The van der Waals surface area contributed by atoms with E-state index in [0.29, 0.717) is 19.4 Å². The quantitative estimate of drug-likeness (QED) is 0.435. The summed E-state index contributed by atoms with van der Waals surface area (Å²) in [7, 11) is 2.02. The summed E-state index contributed by atoms with van der Waals surface area (Å²) >= 11 is 0. The van der Waals surface area contributed by atoms with E-state index in [2.05, 4.69) is 22.5 Å². The van der Waals surface area contributed by atoms with E-state index in [4.69, 9.17) is 5.73 Å². The molecule has 2 aromatic carbocycles. The largest absolute Gasteiger partial charge is 0.343 e. The Kier molecular flexibility index (Phi) is 9.75. The van der Waals surface area contributed by atoms with Gasteiger partial charge in [0, 0.05) is 18.5 Å². The summed E-state index contributed by atoms with van der Waals surface area (Å²) in [5, 5.41) is 6.24. The molecule has 0 saturated carbocycles. The zero-order chi connectivity index (χ0) is 27.9. The molecule has 0 spiro atoms. The molecule has 0 aliphatic carbocycles. The predicted octanol–water partition coefficient (Wildman–Crippen LogP) is 2.84. The maximum absolute atomic E-state index is 14.2. The second-order valence-corrected chi connectivity index (χ2v) is 10.9. The Labute approximate surface area is 232 Å². The molecule has 8 nitrogen and oxygen atoms in total. The highest BCUT2D eigenvalue weighted by atomic mass is 16.2. The molecule has 4 rings (SSSR count). The fraction of sp³-hybridized carbons (Fsp3) is 0.516. The highest BCUT2D eigenvalue weighted by molar-refractivity contribution is 5.94. The molecule has 2 fully saturated rings. The summed E-state index contributed by atoms with van der Waals surface area (Å²) in [6, 6.07) is 17.5. The van der Waals surface area contributed by atoms with Gasteiger partial charge in [0.05, 0.1) is 12.1 Å². The lowest BCUT2D eigenvalue weighted by atomic mass is 9.92. The number of nitrogens with zero attached hydrogens (tertiary/aromatic N) is 2. The Morgan fingerprint density at radius 1 is 0.974 bits per heavy atom. The van der Waals surface area contributed by atoms with E-state index < -0.39 is 18.1 Å². The molecule has 0 radical (unpaired) electrons. The molecule has 2 heterocycles. The van der Waals surface area contributed by atoms with Crippen LogP contribution in [0.1, 0.15) is 63.1 Å². The zero-order valence-corrected chi connectivity index (χ0v) is 23.4. The van der Waals surface area contributed by atoms with Gasteiger partial charge in [0.25, 0.3) is 0 Å². The second-order valence-electron chi connectivity index (χ2n) is 10.9. The van der Waals surface area contributed by atoms with E-state index >= 15 is 0 Å². The van der Waals surface area contributed by atoms with E-state index in [1.165, 1.54) is 0 Å². The minimum absolute atomic E-state index is 0.0173. The lowest BCUT2D eigenvalue weighted by Crippen LogP contribution is -2.59. The maximum atomic E-state index is 14.2. The summed E-state index contributed by atoms with van der Waals surface area (Å²) in [5.74, 6) is -0.696. The van der Waals surface area contributed by atoms with Crippen LogP contribution in [-0.2, 0) is 14.4 Å². The van der Waals surface area contributed by atoms with Crippen LogP contribution in [0, 0.1) is 5.92 Å². The first-order valence-corrected chi connectivity index (χ1v) is 14.3. The number of nitrogens with one attached hydrogen (secondary N) is 2.